The number of alkyl halides is 2. The van der Waals surface area contributed by atoms with Crippen LogP contribution in [0.5, 0.6) is 5.75 Å². The predicted molar refractivity (Wildman–Crippen MR) is 84.9 cm³/mol. The Morgan fingerprint density at radius 1 is 1.16 bits per heavy atom. The van der Waals surface area contributed by atoms with Crippen molar-refractivity contribution < 1.29 is 32.6 Å². The average molecular weight is 356 g/mol. The molecule has 0 aliphatic rings. The van der Waals surface area contributed by atoms with E-state index in [4.69, 9.17) is 0 Å². The summed E-state index contributed by atoms with van der Waals surface area (Å²) in [7, 11) is 0. The van der Waals surface area contributed by atoms with Crippen LogP contribution in [-0.2, 0) is 14.3 Å². The van der Waals surface area contributed by atoms with Gasteiger partial charge in [0.25, 0.3) is 5.91 Å². The second kappa shape index (κ2) is 10.0. The van der Waals surface area contributed by atoms with Gasteiger partial charge in [0, 0.05) is 12.1 Å². The zero-order valence-electron chi connectivity index (χ0n) is 13.6. The van der Waals surface area contributed by atoms with E-state index in [-0.39, 0.29) is 11.8 Å². The molecule has 0 saturated carbocycles. The predicted octanol–water partition coefficient (Wildman–Crippen LogP) is 2.08. The van der Waals surface area contributed by atoms with Gasteiger partial charge in [-0.1, -0.05) is 12.1 Å². The van der Waals surface area contributed by atoms with Crippen LogP contribution in [0.2, 0.25) is 0 Å². The van der Waals surface area contributed by atoms with Crippen molar-refractivity contribution in [3.05, 3.63) is 35.9 Å². The van der Waals surface area contributed by atoms with E-state index in [1.165, 1.54) is 30.3 Å². The number of halogens is 2. The molecule has 0 aliphatic carbocycles. The van der Waals surface area contributed by atoms with Crippen molar-refractivity contribution in [1.82, 2.24) is 10.6 Å². The van der Waals surface area contributed by atoms with E-state index in [1.807, 2.05) is 5.32 Å². The third-order valence-electron chi connectivity index (χ3n) is 2.54. The van der Waals surface area contributed by atoms with Crippen molar-refractivity contribution in [2.24, 2.45) is 0 Å². The number of nitrogens with one attached hydrogen (secondary N) is 2. The topological polar surface area (TPSA) is 93.7 Å². The number of imide groups is 1. The van der Waals surface area contributed by atoms with Crippen molar-refractivity contribution in [3.8, 4) is 5.75 Å². The van der Waals surface area contributed by atoms with Crippen LogP contribution in [0.3, 0.4) is 0 Å². The Hall–Kier alpha value is -2.97. The number of esters is 1. The second-order valence-corrected chi connectivity index (χ2v) is 5.06. The lowest BCUT2D eigenvalue weighted by atomic mass is 10.2. The summed E-state index contributed by atoms with van der Waals surface area (Å²) in [6, 6.07) is 4.73. The highest BCUT2D eigenvalue weighted by atomic mass is 19.3. The first-order valence-corrected chi connectivity index (χ1v) is 7.26. The zero-order valence-corrected chi connectivity index (χ0v) is 13.6. The van der Waals surface area contributed by atoms with E-state index in [0.29, 0.717) is 5.56 Å². The maximum Gasteiger partial charge on any atom is 0.387 e. The molecule has 9 heteroatoms. The van der Waals surface area contributed by atoms with Crippen molar-refractivity contribution >= 4 is 24.0 Å². The molecule has 1 rings (SSSR count). The molecule has 1 aromatic rings. The number of carbonyl (C=O) groups is 3. The monoisotopic (exact) mass is 356 g/mol. The molecule has 0 spiro atoms. The zero-order chi connectivity index (χ0) is 18.8. The number of benzene rings is 1. The molecule has 0 aromatic heterocycles. The summed E-state index contributed by atoms with van der Waals surface area (Å²) in [6.07, 6.45) is 2.43. The SMILES string of the molecule is CC(C)NC(=O)NC(=O)COC(=O)/C=C/c1ccc(OC(F)F)cc1. The largest absolute Gasteiger partial charge is 0.452 e. The maximum absolute atomic E-state index is 12.0. The van der Waals surface area contributed by atoms with Gasteiger partial charge in [0.1, 0.15) is 5.75 Å². The van der Waals surface area contributed by atoms with Gasteiger partial charge in [0.2, 0.25) is 0 Å². The van der Waals surface area contributed by atoms with Gasteiger partial charge in [0.05, 0.1) is 0 Å². The van der Waals surface area contributed by atoms with E-state index < -0.39 is 31.1 Å². The molecule has 0 heterocycles. The Balaban J connectivity index is 2.39. The number of hydrogen-bond donors (Lipinski definition) is 2. The summed E-state index contributed by atoms with van der Waals surface area (Å²) in [5, 5.41) is 4.44. The van der Waals surface area contributed by atoms with E-state index >= 15 is 0 Å². The molecule has 0 aliphatic heterocycles. The lowest BCUT2D eigenvalue weighted by Crippen LogP contribution is -2.43. The maximum atomic E-state index is 12.0. The Bertz CT molecular complexity index is 630. The van der Waals surface area contributed by atoms with Gasteiger partial charge in [-0.05, 0) is 37.6 Å². The first-order valence-electron chi connectivity index (χ1n) is 7.26. The molecular formula is C16H18F2N2O5. The summed E-state index contributed by atoms with van der Waals surface area (Å²) in [5.74, 6) is -1.58. The fourth-order valence-corrected chi connectivity index (χ4v) is 1.57. The van der Waals surface area contributed by atoms with Crippen molar-refractivity contribution in [3.63, 3.8) is 0 Å². The Labute approximate surface area is 143 Å². The van der Waals surface area contributed by atoms with Crippen molar-refractivity contribution in [2.75, 3.05) is 6.61 Å². The Morgan fingerprint density at radius 3 is 2.36 bits per heavy atom. The van der Waals surface area contributed by atoms with Crippen LogP contribution < -0.4 is 15.4 Å². The van der Waals surface area contributed by atoms with Crippen LogP contribution in [0.4, 0.5) is 13.6 Å². The molecule has 136 valence electrons. The summed E-state index contributed by atoms with van der Waals surface area (Å²) in [4.78, 5) is 34.1. The van der Waals surface area contributed by atoms with Crippen LogP contribution in [0.15, 0.2) is 30.3 Å². The Morgan fingerprint density at radius 2 is 1.80 bits per heavy atom. The first-order chi connectivity index (χ1) is 11.8. The highest BCUT2D eigenvalue weighted by Gasteiger charge is 2.10. The van der Waals surface area contributed by atoms with Gasteiger partial charge in [-0.3, -0.25) is 10.1 Å². The molecule has 3 amide bonds. The lowest BCUT2D eigenvalue weighted by molar-refractivity contribution is -0.143. The number of urea groups is 1. The molecule has 0 unspecified atom stereocenters. The molecule has 1 aromatic carbocycles. The molecule has 25 heavy (non-hydrogen) atoms. The van der Waals surface area contributed by atoms with Gasteiger partial charge in [-0.25, -0.2) is 9.59 Å². The van der Waals surface area contributed by atoms with Crippen LogP contribution in [0.25, 0.3) is 6.08 Å². The van der Waals surface area contributed by atoms with E-state index in [1.54, 1.807) is 13.8 Å². The molecule has 2 N–H and O–H groups in total. The van der Waals surface area contributed by atoms with Gasteiger partial charge in [-0.15, -0.1) is 0 Å². The average Bonchev–Trinajstić information content (AvgIpc) is 2.50. The standard InChI is InChI=1S/C16H18F2N2O5/c1-10(2)19-16(23)20-13(21)9-24-14(22)8-5-11-3-6-12(7-4-11)25-15(17)18/h3-8,10,15H,9H2,1-2H3,(H2,19,20,21,23)/b8-5+. The van der Waals surface area contributed by atoms with Gasteiger partial charge in [0.15, 0.2) is 6.61 Å². The number of amides is 3. The number of hydrogen-bond acceptors (Lipinski definition) is 5. The molecule has 0 bridgehead atoms. The molecule has 7 nitrogen and oxygen atoms in total. The second-order valence-electron chi connectivity index (χ2n) is 5.06. The van der Waals surface area contributed by atoms with E-state index in [0.717, 1.165) is 6.08 Å². The fourth-order valence-electron chi connectivity index (χ4n) is 1.57. The van der Waals surface area contributed by atoms with Crippen LogP contribution in [0, 0.1) is 0 Å². The highest BCUT2D eigenvalue weighted by Crippen LogP contribution is 2.15. The highest BCUT2D eigenvalue weighted by molar-refractivity contribution is 5.96. The van der Waals surface area contributed by atoms with Crippen LogP contribution >= 0.6 is 0 Å². The molecule has 0 fully saturated rings. The first kappa shape index (κ1) is 20.1. The minimum absolute atomic E-state index is 0.00827. The molecule has 0 radical (unpaired) electrons. The molecule has 0 saturated heterocycles. The Kier molecular flexibility index (Phi) is 8.04. The van der Waals surface area contributed by atoms with Crippen molar-refractivity contribution in [1.29, 1.82) is 0 Å². The van der Waals surface area contributed by atoms with E-state index in [2.05, 4.69) is 14.8 Å². The van der Waals surface area contributed by atoms with Gasteiger partial charge in [-0.2, -0.15) is 8.78 Å². The molecular weight excluding hydrogens is 338 g/mol. The summed E-state index contributed by atoms with van der Waals surface area (Å²) >= 11 is 0. The van der Waals surface area contributed by atoms with Crippen LogP contribution in [0.1, 0.15) is 19.4 Å². The third-order valence-corrected chi connectivity index (χ3v) is 2.54. The summed E-state index contributed by atoms with van der Waals surface area (Å²) < 4.78 is 32.9. The van der Waals surface area contributed by atoms with Gasteiger partial charge >= 0.3 is 18.6 Å². The minimum atomic E-state index is -2.91. The fraction of sp³-hybridized carbons (Fsp3) is 0.312. The quantitative estimate of drug-likeness (QED) is 0.576. The van der Waals surface area contributed by atoms with Crippen molar-refractivity contribution in [2.45, 2.75) is 26.5 Å². The normalized spacial score (nSPS) is 10.8. The molecule has 0 atom stereocenters. The number of ether oxygens (including phenoxy) is 2. The van der Waals surface area contributed by atoms with Crippen LogP contribution in [-0.4, -0.2) is 37.2 Å². The van der Waals surface area contributed by atoms with E-state index in [9.17, 15) is 23.2 Å². The number of carbonyl (C=O) groups excluding carboxylic acids is 3. The smallest absolute Gasteiger partial charge is 0.387 e. The van der Waals surface area contributed by atoms with Gasteiger partial charge < -0.3 is 14.8 Å². The summed E-state index contributed by atoms with van der Waals surface area (Å²) in [5.41, 5.74) is 0.541. The lowest BCUT2D eigenvalue weighted by Gasteiger charge is -2.08. The third kappa shape index (κ3) is 9.04. The number of rotatable bonds is 7. The summed E-state index contributed by atoms with van der Waals surface area (Å²) in [6.45, 7) is -0.0806. The minimum Gasteiger partial charge on any atom is -0.452 e.